The zero-order valence-electron chi connectivity index (χ0n) is 20.9. The van der Waals surface area contributed by atoms with E-state index in [4.69, 9.17) is 4.74 Å². The molecular weight excluding hydrogens is 460 g/mol. The standard InChI is InChI=1S/C28H36N2O6/c1-36-20-7-6-18-11-24-28(35)14-19(12-25(32)30-9-2-3-22(30)26(33)34)23(31)15-27(28,21(18)13-20)8-10-29(24)16-17-4-5-17/h6-7,13,17,19,22,24,35H,2-5,8-12,14-16H2,1H3,(H,33,34)/t19-,22-,24+,27+,28+/m0/s1. The largest absolute Gasteiger partial charge is 0.497 e. The molecular formula is C28H36N2O6. The van der Waals surface area contributed by atoms with Crippen LogP contribution < -0.4 is 4.74 Å². The number of carbonyl (C=O) groups excluding carboxylic acids is 2. The molecule has 2 saturated heterocycles. The van der Waals surface area contributed by atoms with Crippen molar-refractivity contribution < 1.29 is 29.3 Å². The first-order valence-electron chi connectivity index (χ1n) is 13.4. The van der Waals surface area contributed by atoms with Gasteiger partial charge in [-0.3, -0.25) is 14.5 Å². The van der Waals surface area contributed by atoms with Gasteiger partial charge in [0.25, 0.3) is 0 Å². The molecule has 194 valence electrons. The number of amides is 1. The Labute approximate surface area is 211 Å². The van der Waals surface area contributed by atoms with Crippen molar-refractivity contribution >= 4 is 17.7 Å². The molecule has 0 aromatic heterocycles. The van der Waals surface area contributed by atoms with Crippen LogP contribution in [0.25, 0.3) is 0 Å². The molecule has 2 N–H and O–H groups in total. The van der Waals surface area contributed by atoms with E-state index in [0.717, 1.165) is 24.4 Å². The normalized spacial score (nSPS) is 35.8. The zero-order chi connectivity index (χ0) is 25.2. The third-order valence-corrected chi connectivity index (χ3v) is 9.85. The third-order valence-electron chi connectivity index (χ3n) is 9.85. The molecule has 0 spiro atoms. The Balaban J connectivity index is 1.34. The second-order valence-electron chi connectivity index (χ2n) is 11.8. The monoisotopic (exact) mass is 496 g/mol. The van der Waals surface area contributed by atoms with Gasteiger partial charge in [-0.05, 0) is 80.7 Å². The number of methoxy groups -OCH3 is 1. The van der Waals surface area contributed by atoms with Crippen LogP contribution in [-0.4, -0.2) is 82.1 Å². The summed E-state index contributed by atoms with van der Waals surface area (Å²) >= 11 is 0. The van der Waals surface area contributed by atoms with Crippen LogP contribution in [0.15, 0.2) is 18.2 Å². The first-order valence-corrected chi connectivity index (χ1v) is 13.4. The lowest BCUT2D eigenvalue weighted by atomic mass is 9.47. The molecule has 1 amide bonds. The number of piperidine rings is 1. The fourth-order valence-corrected chi connectivity index (χ4v) is 7.79. The molecule has 6 rings (SSSR count). The lowest BCUT2D eigenvalue weighted by Gasteiger charge is -2.64. The van der Waals surface area contributed by atoms with E-state index in [2.05, 4.69) is 11.0 Å². The molecule has 36 heavy (non-hydrogen) atoms. The Hall–Kier alpha value is -2.45. The van der Waals surface area contributed by atoms with Crippen molar-refractivity contribution in [2.75, 3.05) is 26.7 Å². The number of aliphatic carboxylic acids is 1. The number of carboxylic acids is 1. The summed E-state index contributed by atoms with van der Waals surface area (Å²) < 4.78 is 5.52. The van der Waals surface area contributed by atoms with Crippen LogP contribution in [0.5, 0.6) is 5.75 Å². The third kappa shape index (κ3) is 3.59. The minimum absolute atomic E-state index is 0.00385. The molecule has 2 heterocycles. The number of carboxylic acid groups (broad SMARTS) is 1. The average molecular weight is 497 g/mol. The molecule has 3 aliphatic carbocycles. The zero-order valence-corrected chi connectivity index (χ0v) is 20.9. The summed E-state index contributed by atoms with van der Waals surface area (Å²) in [5, 5.41) is 22.1. The molecule has 5 atom stereocenters. The number of nitrogens with zero attached hydrogens (tertiary/aromatic N) is 2. The van der Waals surface area contributed by atoms with Gasteiger partial charge >= 0.3 is 5.97 Å². The highest BCUT2D eigenvalue weighted by atomic mass is 16.5. The fourth-order valence-electron chi connectivity index (χ4n) is 7.79. The molecule has 0 unspecified atom stereocenters. The minimum Gasteiger partial charge on any atom is -0.497 e. The van der Waals surface area contributed by atoms with Gasteiger partial charge < -0.3 is 19.8 Å². The smallest absolute Gasteiger partial charge is 0.326 e. The lowest BCUT2D eigenvalue weighted by molar-refractivity contribution is -0.183. The number of benzene rings is 1. The van der Waals surface area contributed by atoms with Gasteiger partial charge in [0.2, 0.25) is 5.91 Å². The molecule has 2 bridgehead atoms. The number of fused-ring (bicyclic) bond motifs is 1. The molecule has 1 aromatic carbocycles. The number of ether oxygens (including phenoxy) is 1. The Morgan fingerprint density at radius 2 is 2.00 bits per heavy atom. The van der Waals surface area contributed by atoms with Gasteiger partial charge in [0, 0.05) is 43.3 Å². The van der Waals surface area contributed by atoms with Crippen molar-refractivity contribution in [2.24, 2.45) is 11.8 Å². The highest BCUT2D eigenvalue weighted by Crippen LogP contribution is 2.59. The SMILES string of the molecule is COc1ccc2c(c1)[C@]13CCN(CC4CC4)[C@H](C2)[C@]1(O)C[C@H](CC(=O)N1CCC[C@H]1C(=O)O)C(=O)C3. The molecule has 2 aliphatic heterocycles. The predicted molar refractivity (Wildman–Crippen MR) is 131 cm³/mol. The van der Waals surface area contributed by atoms with Crippen molar-refractivity contribution in [3.8, 4) is 5.75 Å². The maximum atomic E-state index is 13.6. The van der Waals surface area contributed by atoms with Crippen LogP contribution in [0.2, 0.25) is 0 Å². The number of Topliss-reactive ketones (excluding diaryl/α,β-unsaturated/α-hetero) is 1. The number of hydrogen-bond donors (Lipinski definition) is 2. The fraction of sp³-hybridized carbons (Fsp3) is 0.679. The molecule has 1 aromatic rings. The van der Waals surface area contributed by atoms with Crippen LogP contribution in [-0.2, 0) is 26.2 Å². The Kier molecular flexibility index (Phi) is 5.68. The van der Waals surface area contributed by atoms with Crippen LogP contribution in [0.4, 0.5) is 0 Å². The summed E-state index contributed by atoms with van der Waals surface area (Å²) in [5.74, 6) is -0.454. The van der Waals surface area contributed by atoms with E-state index in [1.807, 2.05) is 12.1 Å². The summed E-state index contributed by atoms with van der Waals surface area (Å²) in [7, 11) is 1.63. The van der Waals surface area contributed by atoms with E-state index >= 15 is 0 Å². The maximum absolute atomic E-state index is 13.6. The number of rotatable bonds is 6. The van der Waals surface area contributed by atoms with Gasteiger partial charge in [-0.15, -0.1) is 0 Å². The highest BCUT2D eigenvalue weighted by Gasteiger charge is 2.66. The maximum Gasteiger partial charge on any atom is 0.326 e. The van der Waals surface area contributed by atoms with Crippen molar-refractivity contribution in [3.63, 3.8) is 0 Å². The van der Waals surface area contributed by atoms with Crippen molar-refractivity contribution in [2.45, 2.75) is 80.9 Å². The van der Waals surface area contributed by atoms with Crippen LogP contribution in [0, 0.1) is 11.8 Å². The Morgan fingerprint density at radius 1 is 1.19 bits per heavy atom. The highest BCUT2D eigenvalue weighted by molar-refractivity contribution is 5.91. The number of hydrogen-bond acceptors (Lipinski definition) is 6. The molecule has 5 aliphatic rings. The van der Waals surface area contributed by atoms with E-state index in [0.29, 0.717) is 38.1 Å². The number of carbonyl (C=O) groups is 3. The number of aliphatic hydroxyl groups is 1. The summed E-state index contributed by atoms with van der Waals surface area (Å²) in [6.45, 7) is 2.24. The Bertz CT molecular complexity index is 1100. The average Bonchev–Trinajstić information content (AvgIpc) is 3.52. The van der Waals surface area contributed by atoms with Crippen molar-refractivity contribution in [1.29, 1.82) is 0 Å². The van der Waals surface area contributed by atoms with Gasteiger partial charge in [-0.1, -0.05) is 6.07 Å². The van der Waals surface area contributed by atoms with E-state index < -0.39 is 28.9 Å². The first-order chi connectivity index (χ1) is 17.3. The van der Waals surface area contributed by atoms with Crippen molar-refractivity contribution in [3.05, 3.63) is 29.3 Å². The first kappa shape index (κ1) is 23.9. The topological polar surface area (TPSA) is 107 Å². The summed E-state index contributed by atoms with van der Waals surface area (Å²) in [5.41, 5.74) is 0.383. The summed E-state index contributed by atoms with van der Waals surface area (Å²) in [6.07, 6.45) is 5.41. The number of ketones is 1. The van der Waals surface area contributed by atoms with E-state index in [1.165, 1.54) is 23.3 Å². The van der Waals surface area contributed by atoms with Crippen LogP contribution in [0.1, 0.15) is 62.5 Å². The van der Waals surface area contributed by atoms with E-state index in [9.17, 15) is 24.6 Å². The van der Waals surface area contributed by atoms with Gasteiger partial charge in [-0.25, -0.2) is 4.79 Å². The van der Waals surface area contributed by atoms with Crippen molar-refractivity contribution in [1.82, 2.24) is 9.80 Å². The molecule has 8 heteroatoms. The molecule has 4 fully saturated rings. The quantitative estimate of drug-likeness (QED) is 0.621. The predicted octanol–water partition coefficient (Wildman–Crippen LogP) is 2.15. The van der Waals surface area contributed by atoms with Gasteiger partial charge in [-0.2, -0.15) is 0 Å². The van der Waals surface area contributed by atoms with Gasteiger partial charge in [0.05, 0.1) is 12.7 Å². The lowest BCUT2D eigenvalue weighted by Crippen LogP contribution is -2.74. The second kappa shape index (κ2) is 8.55. The number of likely N-dealkylation sites (tertiary alicyclic amines) is 2. The molecule has 2 saturated carbocycles. The van der Waals surface area contributed by atoms with Gasteiger partial charge in [0.15, 0.2) is 0 Å². The van der Waals surface area contributed by atoms with Crippen LogP contribution in [0.3, 0.4) is 0 Å². The summed E-state index contributed by atoms with van der Waals surface area (Å²) in [6, 6.07) is 5.14. The van der Waals surface area contributed by atoms with Gasteiger partial charge in [0.1, 0.15) is 17.6 Å². The van der Waals surface area contributed by atoms with E-state index in [1.54, 1.807) is 7.11 Å². The minimum atomic E-state index is -1.13. The Morgan fingerprint density at radius 3 is 2.72 bits per heavy atom. The molecule has 8 nitrogen and oxygen atoms in total. The molecule has 0 radical (unpaired) electrons. The second-order valence-corrected chi connectivity index (χ2v) is 11.8. The van der Waals surface area contributed by atoms with Crippen LogP contribution >= 0.6 is 0 Å². The van der Waals surface area contributed by atoms with E-state index in [-0.39, 0.29) is 37.0 Å². The summed E-state index contributed by atoms with van der Waals surface area (Å²) in [4.78, 5) is 42.3.